The Bertz CT molecular complexity index is 1210. The number of rotatable bonds is 3. The Morgan fingerprint density at radius 1 is 1.03 bits per heavy atom. The summed E-state index contributed by atoms with van der Waals surface area (Å²) in [5, 5.41) is 3.53. The first-order chi connectivity index (χ1) is 15.6. The molecule has 0 spiro atoms. The summed E-state index contributed by atoms with van der Waals surface area (Å²) in [7, 11) is 0. The second-order valence-electron chi connectivity index (χ2n) is 8.44. The molecule has 2 atom stereocenters. The molecule has 2 aliphatic rings. The molecule has 5 rings (SSSR count). The van der Waals surface area contributed by atoms with E-state index >= 15 is 0 Å². The monoisotopic (exact) mass is 426 g/mol. The lowest BCUT2D eigenvalue weighted by atomic mass is 9.79. The van der Waals surface area contributed by atoms with Crippen molar-refractivity contribution >= 4 is 23.1 Å². The molecule has 0 radical (unpaired) electrons. The number of fused-ring (bicyclic) bond motifs is 1. The number of nitrogens with zero attached hydrogens (tertiary/aromatic N) is 1. The first-order valence-electron chi connectivity index (χ1n) is 11.1. The van der Waals surface area contributed by atoms with Gasteiger partial charge in [-0.15, -0.1) is 0 Å². The normalized spacial score (nSPS) is 20.3. The Kier molecular flexibility index (Phi) is 5.17. The van der Waals surface area contributed by atoms with Crippen molar-refractivity contribution < 1.29 is 14.0 Å². The van der Waals surface area contributed by atoms with Crippen LogP contribution in [0.5, 0.6) is 0 Å². The molecular formula is C27H26N2O3. The summed E-state index contributed by atoms with van der Waals surface area (Å²) >= 11 is 0. The number of para-hydroxylation sites is 2. The van der Waals surface area contributed by atoms with Crippen molar-refractivity contribution in [2.24, 2.45) is 0 Å². The van der Waals surface area contributed by atoms with Gasteiger partial charge in [0.1, 0.15) is 17.6 Å². The van der Waals surface area contributed by atoms with Gasteiger partial charge in [-0.1, -0.05) is 49.4 Å². The number of amides is 1. The molecule has 0 bridgehead atoms. The zero-order valence-electron chi connectivity index (χ0n) is 18.3. The number of Topliss-reactive ketones (excluding diaryl/α,β-unsaturated/α-hetero) is 1. The lowest BCUT2D eigenvalue weighted by molar-refractivity contribution is -0.119. The highest BCUT2D eigenvalue weighted by Crippen LogP contribution is 2.47. The van der Waals surface area contributed by atoms with Gasteiger partial charge in [0.05, 0.1) is 11.4 Å². The quantitative estimate of drug-likeness (QED) is 0.566. The molecule has 5 nitrogen and oxygen atoms in total. The number of furan rings is 1. The maximum absolute atomic E-state index is 13.7. The highest BCUT2D eigenvalue weighted by Gasteiger charge is 2.42. The second kappa shape index (κ2) is 8.15. The summed E-state index contributed by atoms with van der Waals surface area (Å²) in [4.78, 5) is 28.7. The molecule has 3 aromatic rings. The number of hydrogen-bond acceptors (Lipinski definition) is 4. The summed E-state index contributed by atoms with van der Waals surface area (Å²) in [6.07, 6.45) is 1.43. The maximum Gasteiger partial charge on any atom is 0.227 e. The Hall–Kier alpha value is -3.60. The van der Waals surface area contributed by atoms with Crippen LogP contribution in [-0.4, -0.2) is 11.7 Å². The van der Waals surface area contributed by atoms with E-state index in [0.29, 0.717) is 30.6 Å². The molecule has 162 valence electrons. The van der Waals surface area contributed by atoms with Crippen molar-refractivity contribution in [3.05, 3.63) is 95.1 Å². The average molecular weight is 427 g/mol. The summed E-state index contributed by atoms with van der Waals surface area (Å²) in [5.74, 6) is 1.46. The van der Waals surface area contributed by atoms with E-state index in [9.17, 15) is 9.59 Å². The first-order valence-corrected chi connectivity index (χ1v) is 11.1. The topological polar surface area (TPSA) is 62.6 Å². The van der Waals surface area contributed by atoms with Crippen molar-refractivity contribution in [3.63, 3.8) is 0 Å². The Morgan fingerprint density at radius 2 is 1.78 bits per heavy atom. The molecule has 5 heteroatoms. The van der Waals surface area contributed by atoms with Crippen LogP contribution < -0.4 is 10.2 Å². The highest BCUT2D eigenvalue weighted by molar-refractivity contribution is 6.06. The van der Waals surface area contributed by atoms with Crippen LogP contribution in [0.4, 0.5) is 11.4 Å². The fourth-order valence-electron chi connectivity index (χ4n) is 4.87. The minimum absolute atomic E-state index is 0.0494. The molecule has 1 aliphatic heterocycles. The van der Waals surface area contributed by atoms with Gasteiger partial charge in [0, 0.05) is 24.1 Å². The zero-order valence-corrected chi connectivity index (χ0v) is 18.3. The fourth-order valence-corrected chi connectivity index (χ4v) is 4.87. The van der Waals surface area contributed by atoms with E-state index in [4.69, 9.17) is 4.42 Å². The van der Waals surface area contributed by atoms with Gasteiger partial charge in [0.2, 0.25) is 5.91 Å². The Balaban J connectivity index is 1.71. The maximum atomic E-state index is 13.7. The summed E-state index contributed by atoms with van der Waals surface area (Å²) in [6, 6.07) is 21.1. The van der Waals surface area contributed by atoms with Gasteiger partial charge in [-0.2, -0.15) is 0 Å². The number of carbonyl (C=O) groups is 2. The lowest BCUT2D eigenvalue weighted by Crippen LogP contribution is -2.38. The second-order valence-corrected chi connectivity index (χ2v) is 8.44. The van der Waals surface area contributed by atoms with E-state index in [2.05, 4.69) is 17.4 Å². The van der Waals surface area contributed by atoms with Crippen LogP contribution in [0.15, 0.2) is 82.4 Å². The van der Waals surface area contributed by atoms with Gasteiger partial charge in [-0.25, -0.2) is 0 Å². The van der Waals surface area contributed by atoms with Gasteiger partial charge < -0.3 is 9.73 Å². The molecule has 0 saturated heterocycles. The van der Waals surface area contributed by atoms with Crippen molar-refractivity contribution in [2.45, 2.75) is 45.1 Å². The molecule has 2 heterocycles. The Morgan fingerprint density at radius 3 is 2.50 bits per heavy atom. The molecule has 1 amide bonds. The smallest absolute Gasteiger partial charge is 0.227 e. The number of benzene rings is 2. The Labute approximate surface area is 187 Å². The van der Waals surface area contributed by atoms with Crippen molar-refractivity contribution in [3.8, 4) is 0 Å². The van der Waals surface area contributed by atoms with Crippen LogP contribution in [-0.2, 0) is 9.59 Å². The van der Waals surface area contributed by atoms with Crippen LogP contribution in [0.2, 0.25) is 0 Å². The average Bonchev–Trinajstić information content (AvgIpc) is 3.17. The minimum Gasteiger partial charge on any atom is -0.464 e. The molecule has 1 aromatic heterocycles. The summed E-state index contributed by atoms with van der Waals surface area (Å²) in [5.41, 5.74) is 4.24. The van der Waals surface area contributed by atoms with Gasteiger partial charge in [-0.05, 0) is 49.1 Å². The number of carbonyl (C=O) groups excluding carboxylic acids is 2. The van der Waals surface area contributed by atoms with Crippen molar-refractivity contribution in [2.75, 3.05) is 10.2 Å². The number of nitrogens with one attached hydrogen (secondary N) is 1. The largest absolute Gasteiger partial charge is 0.464 e. The predicted octanol–water partition coefficient (Wildman–Crippen LogP) is 5.90. The van der Waals surface area contributed by atoms with Gasteiger partial charge in [0.25, 0.3) is 0 Å². The van der Waals surface area contributed by atoms with Crippen molar-refractivity contribution in [1.29, 1.82) is 0 Å². The molecule has 32 heavy (non-hydrogen) atoms. The molecule has 2 aromatic carbocycles. The standard InChI is InChI=1S/C27H26N2O3/c1-3-25(31)29-22-12-8-7-11-20(22)28-21-15-19(18-9-5-4-6-10-18)16-23(30)26(21)27(29)24-14-13-17(2)32-24/h4-14,19,27-28H,3,15-16H2,1-2H3/t19-,27+/m0/s1. The number of allylic oxidation sites excluding steroid dienone is 1. The van der Waals surface area contributed by atoms with E-state index in [0.717, 1.165) is 28.4 Å². The molecule has 1 N–H and O–H groups in total. The first kappa shape index (κ1) is 20.3. The zero-order chi connectivity index (χ0) is 22.2. The number of ketones is 1. The molecule has 1 aliphatic carbocycles. The van der Waals surface area contributed by atoms with Crippen LogP contribution in [0.1, 0.15) is 55.2 Å². The van der Waals surface area contributed by atoms with Crippen LogP contribution >= 0.6 is 0 Å². The van der Waals surface area contributed by atoms with E-state index < -0.39 is 6.04 Å². The van der Waals surface area contributed by atoms with Crippen LogP contribution in [0.3, 0.4) is 0 Å². The van der Waals surface area contributed by atoms with Gasteiger partial charge >= 0.3 is 0 Å². The van der Waals surface area contributed by atoms with E-state index in [1.165, 1.54) is 0 Å². The van der Waals surface area contributed by atoms with E-state index in [-0.39, 0.29) is 17.6 Å². The van der Waals surface area contributed by atoms with Crippen LogP contribution in [0, 0.1) is 6.92 Å². The van der Waals surface area contributed by atoms with E-state index in [1.807, 2.05) is 68.4 Å². The third kappa shape index (κ3) is 3.44. The summed E-state index contributed by atoms with van der Waals surface area (Å²) < 4.78 is 6.02. The third-order valence-electron chi connectivity index (χ3n) is 6.36. The van der Waals surface area contributed by atoms with Gasteiger partial charge in [-0.3, -0.25) is 14.5 Å². The van der Waals surface area contributed by atoms with Crippen molar-refractivity contribution in [1.82, 2.24) is 0 Å². The lowest BCUT2D eigenvalue weighted by Gasteiger charge is -2.33. The molecule has 0 unspecified atom stereocenters. The minimum atomic E-state index is -0.591. The third-order valence-corrected chi connectivity index (χ3v) is 6.36. The van der Waals surface area contributed by atoms with Crippen LogP contribution in [0.25, 0.3) is 0 Å². The predicted molar refractivity (Wildman–Crippen MR) is 124 cm³/mol. The van der Waals surface area contributed by atoms with Gasteiger partial charge in [0.15, 0.2) is 5.78 Å². The molecule has 0 saturated carbocycles. The highest BCUT2D eigenvalue weighted by atomic mass is 16.3. The SMILES string of the molecule is CCC(=O)N1c2ccccc2NC2=C(C(=O)C[C@@H](c3ccccc3)C2)[C@H]1c1ccc(C)o1. The molecule has 0 fully saturated rings. The molecular weight excluding hydrogens is 400 g/mol. The fraction of sp³-hybridized carbons (Fsp3) is 0.259. The van der Waals surface area contributed by atoms with E-state index in [1.54, 1.807) is 4.90 Å². The summed E-state index contributed by atoms with van der Waals surface area (Å²) in [6.45, 7) is 3.72. The number of hydrogen-bond donors (Lipinski definition) is 1. The number of anilines is 2. The number of aryl methyl sites for hydroxylation is 1.